The number of benzene rings is 1. The SMILES string of the molecule is C=CCN1C(=O)C(CC(=O)O)Oc2ccc(S(=O)(=O)CC)cc21. The number of ether oxygens (including phenoxy) is 1. The predicted molar refractivity (Wildman–Crippen MR) is 83.4 cm³/mol. The molecule has 1 aromatic carbocycles. The monoisotopic (exact) mass is 339 g/mol. The van der Waals surface area contributed by atoms with Gasteiger partial charge in [0.05, 0.1) is 22.8 Å². The third-order valence-corrected chi connectivity index (χ3v) is 5.17. The van der Waals surface area contributed by atoms with E-state index in [1.807, 2.05) is 0 Å². The van der Waals surface area contributed by atoms with Crippen molar-refractivity contribution < 1.29 is 27.9 Å². The zero-order chi connectivity index (χ0) is 17.2. The van der Waals surface area contributed by atoms with Crippen molar-refractivity contribution in [2.75, 3.05) is 17.2 Å². The van der Waals surface area contributed by atoms with Gasteiger partial charge in [-0.05, 0) is 18.2 Å². The van der Waals surface area contributed by atoms with Crippen LogP contribution in [0, 0.1) is 0 Å². The molecular formula is C15H17NO6S. The summed E-state index contributed by atoms with van der Waals surface area (Å²) in [4.78, 5) is 24.6. The van der Waals surface area contributed by atoms with Crippen molar-refractivity contribution in [3.05, 3.63) is 30.9 Å². The molecule has 1 aliphatic rings. The topological polar surface area (TPSA) is 101 Å². The van der Waals surface area contributed by atoms with Crippen LogP contribution in [-0.4, -0.2) is 43.8 Å². The lowest BCUT2D eigenvalue weighted by molar-refractivity contribution is -0.142. The van der Waals surface area contributed by atoms with E-state index in [-0.39, 0.29) is 22.9 Å². The fourth-order valence-corrected chi connectivity index (χ4v) is 3.17. The van der Waals surface area contributed by atoms with E-state index in [2.05, 4.69) is 6.58 Å². The lowest BCUT2D eigenvalue weighted by Crippen LogP contribution is -2.47. The molecular weight excluding hydrogens is 322 g/mol. The first kappa shape index (κ1) is 17.0. The number of anilines is 1. The summed E-state index contributed by atoms with van der Waals surface area (Å²) in [6, 6.07) is 4.19. The largest absolute Gasteiger partial charge is 0.481 e. The highest BCUT2D eigenvalue weighted by Gasteiger charge is 2.36. The van der Waals surface area contributed by atoms with Gasteiger partial charge in [-0.15, -0.1) is 6.58 Å². The molecule has 1 aliphatic heterocycles. The van der Waals surface area contributed by atoms with E-state index in [9.17, 15) is 18.0 Å². The van der Waals surface area contributed by atoms with Gasteiger partial charge in [-0.25, -0.2) is 8.42 Å². The Bertz CT molecular complexity index is 755. The molecule has 0 saturated carbocycles. The molecule has 0 aliphatic carbocycles. The zero-order valence-electron chi connectivity index (χ0n) is 12.6. The molecule has 1 atom stereocenters. The summed E-state index contributed by atoms with van der Waals surface area (Å²) >= 11 is 0. The minimum Gasteiger partial charge on any atom is -0.481 e. The van der Waals surface area contributed by atoms with E-state index in [0.717, 1.165) is 0 Å². The van der Waals surface area contributed by atoms with Crippen molar-refractivity contribution >= 4 is 27.4 Å². The van der Waals surface area contributed by atoms with E-state index in [4.69, 9.17) is 9.84 Å². The lowest BCUT2D eigenvalue weighted by Gasteiger charge is -2.33. The summed E-state index contributed by atoms with van der Waals surface area (Å²) in [5.41, 5.74) is 0.297. The van der Waals surface area contributed by atoms with Gasteiger partial charge in [-0.2, -0.15) is 0 Å². The van der Waals surface area contributed by atoms with Crippen LogP contribution in [0.5, 0.6) is 5.75 Å². The number of amides is 1. The lowest BCUT2D eigenvalue weighted by atomic mass is 10.1. The molecule has 8 heteroatoms. The van der Waals surface area contributed by atoms with Gasteiger partial charge < -0.3 is 14.7 Å². The minimum absolute atomic E-state index is 0.0658. The van der Waals surface area contributed by atoms with Crippen molar-refractivity contribution in [1.82, 2.24) is 0 Å². The molecule has 0 bridgehead atoms. The van der Waals surface area contributed by atoms with Gasteiger partial charge in [0.1, 0.15) is 5.75 Å². The number of hydrogen-bond donors (Lipinski definition) is 1. The van der Waals surface area contributed by atoms with Gasteiger partial charge in [0.25, 0.3) is 5.91 Å². The van der Waals surface area contributed by atoms with Crippen LogP contribution in [0.15, 0.2) is 35.7 Å². The molecule has 2 rings (SSSR count). The number of carbonyl (C=O) groups excluding carboxylic acids is 1. The molecule has 1 N–H and O–H groups in total. The standard InChI is InChI=1S/C15H17NO6S/c1-3-7-16-11-8-10(23(20,21)4-2)5-6-12(11)22-13(15(16)19)9-14(17)18/h3,5-6,8,13H,1,4,7,9H2,2H3,(H,17,18). The van der Waals surface area contributed by atoms with Crippen LogP contribution in [0.3, 0.4) is 0 Å². The van der Waals surface area contributed by atoms with Gasteiger partial charge in [-0.1, -0.05) is 13.0 Å². The second-order valence-electron chi connectivity index (χ2n) is 4.97. The van der Waals surface area contributed by atoms with Crippen LogP contribution in [0.25, 0.3) is 0 Å². The van der Waals surface area contributed by atoms with E-state index >= 15 is 0 Å². The molecule has 1 heterocycles. The average Bonchev–Trinajstić information content (AvgIpc) is 2.50. The summed E-state index contributed by atoms with van der Waals surface area (Å²) in [5, 5.41) is 8.88. The summed E-state index contributed by atoms with van der Waals surface area (Å²) < 4.78 is 29.4. The molecule has 7 nitrogen and oxygen atoms in total. The van der Waals surface area contributed by atoms with Crippen molar-refractivity contribution in [3.8, 4) is 5.75 Å². The van der Waals surface area contributed by atoms with Gasteiger partial charge in [-0.3, -0.25) is 9.59 Å². The van der Waals surface area contributed by atoms with Crippen molar-refractivity contribution in [2.24, 2.45) is 0 Å². The summed E-state index contributed by atoms with van der Waals surface area (Å²) in [6.07, 6.45) is -0.138. The second kappa shape index (κ2) is 6.41. The molecule has 23 heavy (non-hydrogen) atoms. The molecule has 1 amide bonds. The Morgan fingerprint density at radius 1 is 1.48 bits per heavy atom. The fraction of sp³-hybridized carbons (Fsp3) is 0.333. The summed E-state index contributed by atoms with van der Waals surface area (Å²) in [6.45, 7) is 5.22. The molecule has 1 aromatic rings. The number of sulfone groups is 1. The van der Waals surface area contributed by atoms with Gasteiger partial charge in [0.15, 0.2) is 15.9 Å². The molecule has 0 spiro atoms. The number of aliphatic carboxylic acids is 1. The van der Waals surface area contributed by atoms with Crippen LogP contribution in [0.4, 0.5) is 5.69 Å². The molecule has 1 unspecified atom stereocenters. The van der Waals surface area contributed by atoms with Gasteiger partial charge in [0, 0.05) is 6.54 Å². The Hall–Kier alpha value is -2.35. The van der Waals surface area contributed by atoms with Crippen molar-refractivity contribution in [1.29, 1.82) is 0 Å². The Morgan fingerprint density at radius 3 is 2.74 bits per heavy atom. The van der Waals surface area contributed by atoms with Crippen molar-refractivity contribution in [2.45, 2.75) is 24.3 Å². The first-order valence-corrected chi connectivity index (χ1v) is 8.63. The van der Waals surface area contributed by atoms with Crippen LogP contribution < -0.4 is 9.64 Å². The first-order chi connectivity index (χ1) is 10.8. The predicted octanol–water partition coefficient (Wildman–Crippen LogP) is 1.23. The highest BCUT2D eigenvalue weighted by atomic mass is 32.2. The quantitative estimate of drug-likeness (QED) is 0.783. The number of hydrogen-bond acceptors (Lipinski definition) is 5. The molecule has 0 aromatic heterocycles. The van der Waals surface area contributed by atoms with Gasteiger partial charge in [0.2, 0.25) is 0 Å². The molecule has 124 valence electrons. The number of carboxylic acids is 1. The number of carboxylic acid groups (broad SMARTS) is 1. The van der Waals surface area contributed by atoms with Crippen LogP contribution in [-0.2, 0) is 19.4 Å². The van der Waals surface area contributed by atoms with E-state index in [0.29, 0.717) is 5.69 Å². The third kappa shape index (κ3) is 3.37. The average molecular weight is 339 g/mol. The van der Waals surface area contributed by atoms with Crippen LogP contribution in [0.2, 0.25) is 0 Å². The number of nitrogens with zero attached hydrogens (tertiary/aromatic N) is 1. The Labute approximate surface area is 134 Å². The molecule has 0 saturated heterocycles. The van der Waals surface area contributed by atoms with Crippen LogP contribution >= 0.6 is 0 Å². The fourth-order valence-electron chi connectivity index (χ4n) is 2.27. The zero-order valence-corrected chi connectivity index (χ0v) is 13.4. The first-order valence-electron chi connectivity index (χ1n) is 6.97. The van der Waals surface area contributed by atoms with E-state index in [1.54, 1.807) is 0 Å². The maximum absolute atomic E-state index is 12.4. The highest BCUT2D eigenvalue weighted by molar-refractivity contribution is 7.91. The second-order valence-corrected chi connectivity index (χ2v) is 7.25. The smallest absolute Gasteiger partial charge is 0.307 e. The Kier molecular flexibility index (Phi) is 4.74. The van der Waals surface area contributed by atoms with Gasteiger partial charge >= 0.3 is 5.97 Å². The molecule has 0 fully saturated rings. The third-order valence-electron chi connectivity index (χ3n) is 3.44. The molecule has 0 radical (unpaired) electrons. The maximum atomic E-state index is 12.4. The number of rotatable bonds is 6. The number of fused-ring (bicyclic) bond motifs is 1. The number of carbonyl (C=O) groups is 2. The Morgan fingerprint density at radius 2 is 2.17 bits per heavy atom. The van der Waals surface area contributed by atoms with Crippen molar-refractivity contribution in [3.63, 3.8) is 0 Å². The minimum atomic E-state index is -3.43. The highest BCUT2D eigenvalue weighted by Crippen LogP contribution is 2.36. The van der Waals surface area contributed by atoms with E-state index < -0.39 is 34.2 Å². The Balaban J connectivity index is 2.51. The van der Waals surface area contributed by atoms with Crippen LogP contribution in [0.1, 0.15) is 13.3 Å². The van der Waals surface area contributed by atoms with E-state index in [1.165, 1.54) is 36.1 Å². The normalized spacial score (nSPS) is 17.3. The summed E-state index contributed by atoms with van der Waals surface area (Å²) in [7, 11) is -3.43. The maximum Gasteiger partial charge on any atom is 0.307 e. The summed E-state index contributed by atoms with van der Waals surface area (Å²) in [5.74, 6) is -1.49.